The molecule has 0 radical (unpaired) electrons. The quantitative estimate of drug-likeness (QED) is 0.177. The highest BCUT2D eigenvalue weighted by Gasteiger charge is 2.14. The monoisotopic (exact) mass is 629 g/mol. The minimum Gasteiger partial charge on any atom is -0.311 e. The summed E-state index contributed by atoms with van der Waals surface area (Å²) in [5, 5.41) is 5.29. The van der Waals surface area contributed by atoms with Gasteiger partial charge in [-0.05, 0) is 86.6 Å². The molecule has 0 atom stereocenters. The number of hydrogen-bond acceptors (Lipinski definition) is 2. The first-order valence-corrected chi connectivity index (χ1v) is 17.2. The van der Waals surface area contributed by atoms with Crippen molar-refractivity contribution in [3.63, 3.8) is 0 Å². The largest absolute Gasteiger partial charge is 0.311 e. The third kappa shape index (κ3) is 5.13. The van der Waals surface area contributed by atoms with Crippen LogP contribution >= 0.6 is 11.3 Å². The minimum absolute atomic E-state index is 1.12. The normalized spacial score (nSPS) is 11.3. The molecule has 2 heteroatoms. The summed E-state index contributed by atoms with van der Waals surface area (Å²) < 4.78 is 2.69. The molecule has 0 spiro atoms. The predicted octanol–water partition coefficient (Wildman–Crippen LogP) is 13.7. The summed E-state index contributed by atoms with van der Waals surface area (Å²) in [5.74, 6) is 0. The van der Waals surface area contributed by atoms with Crippen LogP contribution in [-0.2, 0) is 0 Å². The van der Waals surface area contributed by atoms with Crippen LogP contribution in [0.4, 0.5) is 17.1 Å². The molecule has 1 aromatic heterocycles. The SMILES string of the molecule is c1ccc(-c2ccc(-c3ccc(N(c4ccccc4)c4ccc(-c5ccc6c(c5)sc5c7ccccc7ccc65)cc4)cc3)cc2)cc1. The number of anilines is 3. The lowest BCUT2D eigenvalue weighted by Gasteiger charge is -2.26. The highest BCUT2D eigenvalue weighted by molar-refractivity contribution is 7.26. The van der Waals surface area contributed by atoms with E-state index in [0.717, 1.165) is 17.1 Å². The second-order valence-corrected chi connectivity index (χ2v) is 13.2. The average molecular weight is 630 g/mol. The molecule has 0 N–H and O–H groups in total. The Kier molecular flexibility index (Phi) is 7.07. The molecular weight excluding hydrogens is 599 g/mol. The van der Waals surface area contributed by atoms with E-state index >= 15 is 0 Å². The minimum atomic E-state index is 1.12. The van der Waals surface area contributed by atoms with Gasteiger partial charge in [0.1, 0.15) is 0 Å². The smallest absolute Gasteiger partial charge is 0.0462 e. The Balaban J connectivity index is 1.03. The number of benzene rings is 8. The molecule has 0 amide bonds. The van der Waals surface area contributed by atoms with Crippen molar-refractivity contribution in [3.8, 4) is 33.4 Å². The van der Waals surface area contributed by atoms with E-state index in [-0.39, 0.29) is 0 Å². The first-order valence-electron chi connectivity index (χ1n) is 16.3. The van der Waals surface area contributed by atoms with E-state index in [2.05, 4.69) is 193 Å². The van der Waals surface area contributed by atoms with Crippen molar-refractivity contribution in [2.45, 2.75) is 0 Å². The number of thiophene rings is 1. The standard InChI is InChI=1S/C46H31NS/c1-3-9-32(10-4-1)33-15-17-34(18-16-33)35-19-25-40(26-20-35)47(39-12-5-2-6-13-39)41-27-21-36(22-28-41)38-24-29-43-44-30-23-37-11-7-8-14-42(37)46(44)48-45(43)31-38/h1-31H. The fourth-order valence-corrected chi connectivity index (χ4v) is 8.08. The highest BCUT2D eigenvalue weighted by atomic mass is 32.1. The number of rotatable bonds is 6. The third-order valence-corrected chi connectivity index (χ3v) is 10.5. The molecular formula is C46H31NS. The van der Waals surface area contributed by atoms with Gasteiger partial charge in [0.25, 0.3) is 0 Å². The van der Waals surface area contributed by atoms with Crippen LogP contribution in [0, 0.1) is 0 Å². The molecule has 1 nitrogen and oxygen atoms in total. The van der Waals surface area contributed by atoms with Crippen molar-refractivity contribution in [1.82, 2.24) is 0 Å². The molecule has 0 unspecified atom stereocenters. The maximum atomic E-state index is 2.35. The molecule has 0 aliphatic heterocycles. The van der Waals surface area contributed by atoms with Gasteiger partial charge in [-0.15, -0.1) is 11.3 Å². The summed E-state index contributed by atoms with van der Waals surface area (Å²) in [7, 11) is 0. The van der Waals surface area contributed by atoms with E-state index in [4.69, 9.17) is 0 Å². The summed E-state index contributed by atoms with van der Waals surface area (Å²) in [6.45, 7) is 0. The molecule has 9 aromatic rings. The molecule has 0 aliphatic rings. The lowest BCUT2D eigenvalue weighted by atomic mass is 10.00. The highest BCUT2D eigenvalue weighted by Crippen LogP contribution is 2.41. The molecule has 0 fully saturated rings. The molecule has 226 valence electrons. The number of hydrogen-bond donors (Lipinski definition) is 0. The Bertz CT molecular complexity index is 2510. The molecule has 8 aromatic carbocycles. The first kappa shape index (κ1) is 28.3. The molecule has 1 heterocycles. The van der Waals surface area contributed by atoms with Crippen molar-refractivity contribution in [1.29, 1.82) is 0 Å². The molecule has 0 saturated heterocycles. The zero-order chi connectivity index (χ0) is 31.9. The van der Waals surface area contributed by atoms with Crippen molar-refractivity contribution in [2.75, 3.05) is 4.90 Å². The maximum Gasteiger partial charge on any atom is 0.0462 e. The fourth-order valence-electron chi connectivity index (χ4n) is 6.80. The van der Waals surface area contributed by atoms with Gasteiger partial charge in [-0.2, -0.15) is 0 Å². The summed E-state index contributed by atoms with van der Waals surface area (Å²) in [6.07, 6.45) is 0. The van der Waals surface area contributed by atoms with Crippen LogP contribution in [0.2, 0.25) is 0 Å². The summed E-state index contributed by atoms with van der Waals surface area (Å²) in [5.41, 5.74) is 10.7. The van der Waals surface area contributed by atoms with E-state index in [1.807, 2.05) is 11.3 Å². The third-order valence-electron chi connectivity index (χ3n) is 9.29. The van der Waals surface area contributed by atoms with Crippen LogP contribution in [0.15, 0.2) is 188 Å². The number of nitrogens with zero attached hydrogens (tertiary/aromatic N) is 1. The number of para-hydroxylation sites is 1. The van der Waals surface area contributed by atoms with Gasteiger partial charge in [0.15, 0.2) is 0 Å². The Morgan fingerprint density at radius 2 is 0.771 bits per heavy atom. The van der Waals surface area contributed by atoms with E-state index in [0.29, 0.717) is 0 Å². The second-order valence-electron chi connectivity index (χ2n) is 12.2. The Hall–Kier alpha value is -5.96. The van der Waals surface area contributed by atoms with Gasteiger partial charge in [-0.25, -0.2) is 0 Å². The summed E-state index contributed by atoms with van der Waals surface area (Å²) in [4.78, 5) is 2.33. The van der Waals surface area contributed by atoms with Crippen LogP contribution in [0.5, 0.6) is 0 Å². The van der Waals surface area contributed by atoms with E-state index < -0.39 is 0 Å². The summed E-state index contributed by atoms with van der Waals surface area (Å²) >= 11 is 1.89. The lowest BCUT2D eigenvalue weighted by molar-refractivity contribution is 1.28. The Morgan fingerprint density at radius 3 is 1.42 bits per heavy atom. The van der Waals surface area contributed by atoms with Crippen molar-refractivity contribution < 1.29 is 0 Å². The van der Waals surface area contributed by atoms with E-state index in [9.17, 15) is 0 Å². The van der Waals surface area contributed by atoms with E-state index in [1.165, 1.54) is 64.3 Å². The van der Waals surface area contributed by atoms with Gasteiger partial charge in [-0.3, -0.25) is 0 Å². The fraction of sp³-hybridized carbons (Fsp3) is 0. The van der Waals surface area contributed by atoms with Gasteiger partial charge in [-0.1, -0.05) is 146 Å². The van der Waals surface area contributed by atoms with Gasteiger partial charge < -0.3 is 4.90 Å². The second kappa shape index (κ2) is 12.0. The van der Waals surface area contributed by atoms with Crippen LogP contribution in [0.3, 0.4) is 0 Å². The molecule has 9 rings (SSSR count). The molecule has 0 aliphatic carbocycles. The van der Waals surface area contributed by atoms with E-state index in [1.54, 1.807) is 0 Å². The van der Waals surface area contributed by atoms with Crippen molar-refractivity contribution >= 4 is 59.3 Å². The average Bonchev–Trinajstić information content (AvgIpc) is 3.55. The van der Waals surface area contributed by atoms with Crippen LogP contribution in [0.25, 0.3) is 64.3 Å². The zero-order valence-corrected chi connectivity index (χ0v) is 27.1. The van der Waals surface area contributed by atoms with Crippen molar-refractivity contribution in [3.05, 3.63) is 188 Å². The van der Waals surface area contributed by atoms with Gasteiger partial charge in [0.05, 0.1) is 0 Å². The Morgan fingerprint density at radius 1 is 0.312 bits per heavy atom. The molecule has 0 saturated carbocycles. The van der Waals surface area contributed by atoms with Crippen LogP contribution in [0.1, 0.15) is 0 Å². The molecule has 0 bridgehead atoms. The predicted molar refractivity (Wildman–Crippen MR) is 208 cm³/mol. The Labute approximate surface area is 284 Å². The van der Waals surface area contributed by atoms with Crippen LogP contribution < -0.4 is 4.90 Å². The topological polar surface area (TPSA) is 3.24 Å². The van der Waals surface area contributed by atoms with Crippen LogP contribution in [-0.4, -0.2) is 0 Å². The van der Waals surface area contributed by atoms with Crippen molar-refractivity contribution in [2.24, 2.45) is 0 Å². The maximum absolute atomic E-state index is 2.35. The number of fused-ring (bicyclic) bond motifs is 5. The lowest BCUT2D eigenvalue weighted by Crippen LogP contribution is -2.09. The van der Waals surface area contributed by atoms with Gasteiger partial charge in [0, 0.05) is 37.2 Å². The molecule has 48 heavy (non-hydrogen) atoms. The van der Waals surface area contributed by atoms with Gasteiger partial charge >= 0.3 is 0 Å². The summed E-state index contributed by atoms with van der Waals surface area (Å²) in [6, 6.07) is 67.9. The van der Waals surface area contributed by atoms with Gasteiger partial charge in [0.2, 0.25) is 0 Å². The first-order chi connectivity index (χ1) is 23.8. The zero-order valence-electron chi connectivity index (χ0n) is 26.3.